The Morgan fingerprint density at radius 1 is 1.35 bits per heavy atom. The second-order valence-electron chi connectivity index (χ2n) is 4.05. The van der Waals surface area contributed by atoms with E-state index in [1.165, 1.54) is 5.56 Å². The summed E-state index contributed by atoms with van der Waals surface area (Å²) in [6, 6.07) is 8.23. The minimum absolute atomic E-state index is 0.458. The molecule has 0 spiro atoms. The molecule has 1 aromatic rings. The van der Waals surface area contributed by atoms with Crippen molar-refractivity contribution in [2.24, 2.45) is 0 Å². The van der Waals surface area contributed by atoms with Crippen molar-refractivity contribution >= 4 is 11.6 Å². The summed E-state index contributed by atoms with van der Waals surface area (Å²) in [6.45, 7) is 3.90. The molecular formula is C13H18ClNO2. The van der Waals surface area contributed by atoms with Crippen molar-refractivity contribution in [3.8, 4) is 5.75 Å². The van der Waals surface area contributed by atoms with Crippen molar-refractivity contribution in [1.82, 2.24) is 5.32 Å². The minimum Gasteiger partial charge on any atom is -0.493 e. The highest BCUT2D eigenvalue weighted by Gasteiger charge is 2.22. The number of para-hydroxylation sites is 1. The number of hydrogen-bond donors (Lipinski definition) is 1. The first-order valence-corrected chi connectivity index (χ1v) is 6.51. The van der Waals surface area contributed by atoms with Gasteiger partial charge in [-0.15, -0.1) is 11.6 Å². The van der Waals surface area contributed by atoms with Crippen LogP contribution in [0.25, 0.3) is 0 Å². The van der Waals surface area contributed by atoms with Gasteiger partial charge in [0.1, 0.15) is 5.75 Å². The predicted molar refractivity (Wildman–Crippen MR) is 69.1 cm³/mol. The van der Waals surface area contributed by atoms with Crippen molar-refractivity contribution in [3.05, 3.63) is 29.8 Å². The van der Waals surface area contributed by atoms with Crippen LogP contribution in [0.5, 0.6) is 5.75 Å². The molecule has 1 aliphatic heterocycles. The molecule has 0 saturated heterocycles. The molecule has 0 aliphatic carbocycles. The van der Waals surface area contributed by atoms with Crippen LogP contribution in [-0.2, 0) is 4.74 Å². The number of alkyl halides is 1. The largest absolute Gasteiger partial charge is 0.493 e. The zero-order valence-electron chi connectivity index (χ0n) is 9.82. The lowest BCUT2D eigenvalue weighted by atomic mass is 10.0. The molecule has 17 heavy (non-hydrogen) atoms. The third-order valence-electron chi connectivity index (χ3n) is 2.83. The Hall–Kier alpha value is -0.770. The summed E-state index contributed by atoms with van der Waals surface area (Å²) in [5.41, 5.74) is 1.31. The van der Waals surface area contributed by atoms with Crippen molar-refractivity contribution in [2.75, 3.05) is 38.8 Å². The van der Waals surface area contributed by atoms with Crippen LogP contribution < -0.4 is 10.1 Å². The maximum Gasteiger partial charge on any atom is 0.122 e. The monoisotopic (exact) mass is 255 g/mol. The Morgan fingerprint density at radius 3 is 3.12 bits per heavy atom. The third-order valence-corrected chi connectivity index (χ3v) is 2.99. The molecule has 1 heterocycles. The number of halogens is 1. The average molecular weight is 256 g/mol. The van der Waals surface area contributed by atoms with Crippen LogP contribution in [0, 0.1) is 0 Å². The van der Waals surface area contributed by atoms with Crippen molar-refractivity contribution in [2.45, 2.75) is 5.92 Å². The van der Waals surface area contributed by atoms with Crippen LogP contribution in [0.15, 0.2) is 24.3 Å². The van der Waals surface area contributed by atoms with Crippen LogP contribution >= 0.6 is 11.6 Å². The molecule has 4 heteroatoms. The third kappa shape index (κ3) is 3.60. The Labute approximate surface area is 107 Å². The van der Waals surface area contributed by atoms with Gasteiger partial charge in [-0.05, 0) is 6.07 Å². The summed E-state index contributed by atoms with van der Waals surface area (Å²) < 4.78 is 10.9. The summed E-state index contributed by atoms with van der Waals surface area (Å²) in [5, 5.41) is 3.38. The second kappa shape index (κ2) is 6.84. The SMILES string of the molecule is ClCCOCCNCC1COc2ccccc21. The Balaban J connectivity index is 1.68. The van der Waals surface area contributed by atoms with Gasteiger partial charge >= 0.3 is 0 Å². The fourth-order valence-corrected chi connectivity index (χ4v) is 2.08. The van der Waals surface area contributed by atoms with Gasteiger partial charge in [0.05, 0.1) is 19.8 Å². The maximum absolute atomic E-state index is 5.62. The van der Waals surface area contributed by atoms with E-state index < -0.39 is 0 Å². The quantitative estimate of drug-likeness (QED) is 0.597. The number of nitrogens with one attached hydrogen (secondary N) is 1. The van der Waals surface area contributed by atoms with Crippen LogP contribution in [0.4, 0.5) is 0 Å². The molecule has 0 fully saturated rings. The number of benzene rings is 1. The van der Waals surface area contributed by atoms with E-state index in [2.05, 4.69) is 17.4 Å². The molecule has 2 rings (SSSR count). The number of rotatable bonds is 7. The van der Waals surface area contributed by atoms with E-state index in [9.17, 15) is 0 Å². The lowest BCUT2D eigenvalue weighted by molar-refractivity contribution is 0.150. The van der Waals surface area contributed by atoms with Crippen molar-refractivity contribution < 1.29 is 9.47 Å². The van der Waals surface area contributed by atoms with Gasteiger partial charge < -0.3 is 14.8 Å². The molecule has 3 nitrogen and oxygen atoms in total. The van der Waals surface area contributed by atoms with Gasteiger partial charge in [0.2, 0.25) is 0 Å². The fraction of sp³-hybridized carbons (Fsp3) is 0.538. The van der Waals surface area contributed by atoms with Gasteiger partial charge in [0, 0.05) is 30.5 Å². The molecule has 0 bridgehead atoms. The molecule has 1 atom stereocenters. The normalized spacial score (nSPS) is 17.8. The molecule has 0 saturated carbocycles. The topological polar surface area (TPSA) is 30.5 Å². The highest BCUT2D eigenvalue weighted by atomic mass is 35.5. The molecule has 1 aromatic carbocycles. The van der Waals surface area contributed by atoms with Gasteiger partial charge in [-0.1, -0.05) is 18.2 Å². The van der Waals surface area contributed by atoms with Crippen LogP contribution in [-0.4, -0.2) is 38.8 Å². The lowest BCUT2D eigenvalue weighted by Crippen LogP contribution is -2.26. The van der Waals surface area contributed by atoms with Crippen molar-refractivity contribution in [1.29, 1.82) is 0 Å². The van der Waals surface area contributed by atoms with Gasteiger partial charge in [-0.25, -0.2) is 0 Å². The van der Waals surface area contributed by atoms with Gasteiger partial charge in [-0.2, -0.15) is 0 Å². The van der Waals surface area contributed by atoms with Gasteiger partial charge in [0.15, 0.2) is 0 Å². The minimum atomic E-state index is 0.458. The molecule has 1 aliphatic rings. The smallest absolute Gasteiger partial charge is 0.122 e. The van der Waals surface area contributed by atoms with Gasteiger partial charge in [-0.3, -0.25) is 0 Å². The Morgan fingerprint density at radius 2 is 2.24 bits per heavy atom. The Kier molecular flexibility index (Phi) is 5.10. The summed E-state index contributed by atoms with van der Waals surface area (Å²) in [4.78, 5) is 0. The summed E-state index contributed by atoms with van der Waals surface area (Å²) in [5.74, 6) is 2.04. The van der Waals surface area contributed by atoms with E-state index in [-0.39, 0.29) is 0 Å². The summed E-state index contributed by atoms with van der Waals surface area (Å²) in [6.07, 6.45) is 0. The average Bonchev–Trinajstić information content (AvgIpc) is 2.77. The first kappa shape index (κ1) is 12.7. The molecule has 1 N–H and O–H groups in total. The number of ether oxygens (including phenoxy) is 2. The molecule has 94 valence electrons. The molecule has 1 unspecified atom stereocenters. The summed E-state index contributed by atoms with van der Waals surface area (Å²) in [7, 11) is 0. The van der Waals surface area contributed by atoms with Crippen LogP contribution in [0.3, 0.4) is 0 Å². The van der Waals surface area contributed by atoms with Crippen LogP contribution in [0.1, 0.15) is 11.5 Å². The molecule has 0 aromatic heterocycles. The Bertz CT molecular complexity index is 346. The predicted octanol–water partition coefficient (Wildman–Crippen LogP) is 2.01. The molecule has 0 amide bonds. The maximum atomic E-state index is 5.62. The zero-order valence-corrected chi connectivity index (χ0v) is 10.6. The molecule has 0 radical (unpaired) electrons. The standard InChI is InChI=1S/C13H18ClNO2/c14-5-7-16-8-6-15-9-11-10-17-13-4-2-1-3-12(11)13/h1-4,11,15H,5-10H2. The highest BCUT2D eigenvalue weighted by molar-refractivity contribution is 6.17. The van der Waals surface area contributed by atoms with E-state index >= 15 is 0 Å². The van der Waals surface area contributed by atoms with Gasteiger partial charge in [0.25, 0.3) is 0 Å². The van der Waals surface area contributed by atoms with E-state index in [1.807, 2.05) is 12.1 Å². The number of hydrogen-bond acceptors (Lipinski definition) is 3. The lowest BCUT2D eigenvalue weighted by Gasteiger charge is -2.10. The highest BCUT2D eigenvalue weighted by Crippen LogP contribution is 2.32. The van der Waals surface area contributed by atoms with E-state index in [4.69, 9.17) is 21.1 Å². The fourth-order valence-electron chi connectivity index (χ4n) is 1.98. The number of fused-ring (bicyclic) bond motifs is 1. The van der Waals surface area contributed by atoms with E-state index in [1.54, 1.807) is 0 Å². The second-order valence-corrected chi connectivity index (χ2v) is 4.43. The van der Waals surface area contributed by atoms with E-state index in [0.29, 0.717) is 25.0 Å². The van der Waals surface area contributed by atoms with E-state index in [0.717, 1.165) is 25.4 Å². The first-order valence-electron chi connectivity index (χ1n) is 5.98. The van der Waals surface area contributed by atoms with Crippen LogP contribution in [0.2, 0.25) is 0 Å². The first-order chi connectivity index (χ1) is 8.42. The zero-order chi connectivity index (χ0) is 11.9. The summed E-state index contributed by atoms with van der Waals surface area (Å²) >= 11 is 5.51. The molecular weight excluding hydrogens is 238 g/mol. The van der Waals surface area contributed by atoms with Crippen molar-refractivity contribution in [3.63, 3.8) is 0 Å².